The van der Waals surface area contributed by atoms with Crippen molar-refractivity contribution in [3.8, 4) is 45.8 Å². The number of rotatable bonds is 6. The smallest absolute Gasteiger partial charge is 0.239 e. The minimum Gasteiger partial charge on any atom is -0.507 e. The van der Waals surface area contributed by atoms with E-state index >= 15 is 0 Å². The first-order valence-corrected chi connectivity index (χ1v) is 9.55. The van der Waals surface area contributed by atoms with Gasteiger partial charge in [0.1, 0.15) is 17.7 Å². The fraction of sp³-hybridized carbons (Fsp3) is 0.261. The second-order valence-corrected chi connectivity index (χ2v) is 7.09. The quantitative estimate of drug-likeness (QED) is 0.584. The largest absolute Gasteiger partial charge is 0.507 e. The van der Waals surface area contributed by atoms with Gasteiger partial charge in [-0.3, -0.25) is 4.79 Å². The van der Waals surface area contributed by atoms with E-state index in [-0.39, 0.29) is 53.1 Å². The Kier molecular flexibility index (Phi) is 5.37. The number of phenols is 1. The van der Waals surface area contributed by atoms with Gasteiger partial charge in [-0.2, -0.15) is 0 Å². The van der Waals surface area contributed by atoms with Crippen LogP contribution >= 0.6 is 0 Å². The van der Waals surface area contributed by atoms with Crippen LogP contribution in [-0.4, -0.2) is 32.7 Å². The summed E-state index contributed by atoms with van der Waals surface area (Å²) in [6.07, 6.45) is 1.88. The summed E-state index contributed by atoms with van der Waals surface area (Å²) in [5.41, 5.74) is 1.12. The van der Waals surface area contributed by atoms with Crippen molar-refractivity contribution >= 4 is 11.0 Å². The molecule has 2 aromatic carbocycles. The van der Waals surface area contributed by atoms with Crippen molar-refractivity contribution in [2.24, 2.45) is 0 Å². The van der Waals surface area contributed by atoms with Crippen LogP contribution in [-0.2, 0) is 0 Å². The van der Waals surface area contributed by atoms with Gasteiger partial charge >= 0.3 is 0 Å². The number of fused-ring (bicyclic) bond motifs is 2. The fourth-order valence-electron chi connectivity index (χ4n) is 3.30. The highest BCUT2D eigenvalue weighted by molar-refractivity contribution is 5.93. The molecule has 31 heavy (non-hydrogen) atoms. The molecule has 0 saturated carbocycles. The molecule has 0 atom stereocenters. The highest BCUT2D eigenvalue weighted by Crippen LogP contribution is 2.44. The van der Waals surface area contributed by atoms with E-state index in [0.717, 1.165) is 5.57 Å². The number of benzene rings is 2. The van der Waals surface area contributed by atoms with E-state index in [4.69, 9.17) is 28.1 Å². The van der Waals surface area contributed by atoms with Gasteiger partial charge in [0.05, 0.1) is 14.2 Å². The van der Waals surface area contributed by atoms with Crippen LogP contribution in [0.2, 0.25) is 0 Å². The molecule has 1 aliphatic rings. The van der Waals surface area contributed by atoms with Gasteiger partial charge in [0.2, 0.25) is 23.7 Å². The van der Waals surface area contributed by atoms with E-state index in [1.807, 2.05) is 19.9 Å². The van der Waals surface area contributed by atoms with E-state index in [1.165, 1.54) is 20.3 Å². The number of aromatic hydroxyl groups is 1. The Morgan fingerprint density at radius 2 is 1.84 bits per heavy atom. The number of ether oxygens (including phenoxy) is 5. The number of phenolic OH excluding ortho intramolecular Hbond substituents is 1. The zero-order chi connectivity index (χ0) is 22.1. The standard InChI is InChI=1S/C23H22O8/c1-12(2)7-8-28-17-10-14(24)18-19(25)23(27-4)20(31-22(18)21(17)26-3)13-5-6-15-16(9-13)30-11-29-15/h5-7,9-10,24H,8,11H2,1-4H3. The molecule has 1 N–H and O–H groups in total. The number of hydrogen-bond donors (Lipinski definition) is 1. The number of methoxy groups -OCH3 is 2. The maximum absolute atomic E-state index is 13.2. The molecule has 162 valence electrons. The van der Waals surface area contributed by atoms with Crippen LogP contribution in [0.15, 0.2) is 45.1 Å². The van der Waals surface area contributed by atoms with Gasteiger partial charge < -0.3 is 33.2 Å². The molecule has 3 aromatic rings. The predicted molar refractivity (Wildman–Crippen MR) is 114 cm³/mol. The lowest BCUT2D eigenvalue weighted by atomic mass is 10.1. The molecule has 0 saturated heterocycles. The SMILES string of the molecule is COc1c(-c2ccc3c(c2)OCO3)oc2c(OC)c(OCC=C(C)C)cc(O)c2c1=O. The minimum atomic E-state index is -0.539. The molecule has 4 rings (SSSR count). The van der Waals surface area contributed by atoms with E-state index < -0.39 is 5.43 Å². The first-order valence-electron chi connectivity index (χ1n) is 9.55. The van der Waals surface area contributed by atoms with Crippen LogP contribution < -0.4 is 29.1 Å². The Hall–Kier alpha value is -3.81. The second-order valence-electron chi connectivity index (χ2n) is 7.09. The third-order valence-corrected chi connectivity index (χ3v) is 4.80. The predicted octanol–water partition coefficient (Wildman–Crippen LogP) is 4.26. The third-order valence-electron chi connectivity index (χ3n) is 4.80. The lowest BCUT2D eigenvalue weighted by Gasteiger charge is -2.15. The molecule has 8 nitrogen and oxygen atoms in total. The van der Waals surface area contributed by atoms with Gasteiger partial charge in [-0.05, 0) is 38.1 Å². The van der Waals surface area contributed by atoms with Gasteiger partial charge in [-0.1, -0.05) is 5.57 Å². The fourth-order valence-corrected chi connectivity index (χ4v) is 3.30. The van der Waals surface area contributed by atoms with E-state index in [1.54, 1.807) is 18.2 Å². The molecule has 0 amide bonds. The van der Waals surface area contributed by atoms with Crippen LogP contribution in [0.25, 0.3) is 22.3 Å². The van der Waals surface area contributed by atoms with E-state index in [0.29, 0.717) is 17.1 Å². The number of hydrogen-bond acceptors (Lipinski definition) is 8. The van der Waals surface area contributed by atoms with Crippen molar-refractivity contribution in [3.05, 3.63) is 46.1 Å². The second kappa shape index (κ2) is 8.14. The minimum absolute atomic E-state index is 0.0492. The molecular formula is C23H22O8. The summed E-state index contributed by atoms with van der Waals surface area (Å²) < 4.78 is 33.4. The summed E-state index contributed by atoms with van der Waals surface area (Å²) in [6.45, 7) is 4.27. The molecule has 0 unspecified atom stereocenters. The van der Waals surface area contributed by atoms with Crippen LogP contribution in [0.5, 0.6) is 34.5 Å². The molecule has 0 radical (unpaired) electrons. The third kappa shape index (κ3) is 3.61. The molecule has 0 spiro atoms. The van der Waals surface area contributed by atoms with Gasteiger partial charge in [-0.15, -0.1) is 0 Å². The Balaban J connectivity index is 1.95. The van der Waals surface area contributed by atoms with Crippen LogP contribution in [0.1, 0.15) is 13.8 Å². The molecule has 1 aromatic heterocycles. The summed E-state index contributed by atoms with van der Waals surface area (Å²) >= 11 is 0. The zero-order valence-corrected chi connectivity index (χ0v) is 17.6. The van der Waals surface area contributed by atoms with Crippen molar-refractivity contribution in [1.82, 2.24) is 0 Å². The molecule has 0 aliphatic carbocycles. The van der Waals surface area contributed by atoms with Crippen molar-refractivity contribution in [3.63, 3.8) is 0 Å². The average Bonchev–Trinajstić information content (AvgIpc) is 3.21. The van der Waals surface area contributed by atoms with Crippen LogP contribution in [0.4, 0.5) is 0 Å². The Bertz CT molecular complexity index is 1230. The Labute approximate surface area is 178 Å². The summed E-state index contributed by atoms with van der Waals surface area (Å²) in [5, 5.41) is 10.5. The molecule has 0 bridgehead atoms. The van der Waals surface area contributed by atoms with Gasteiger partial charge in [0.15, 0.2) is 28.6 Å². The van der Waals surface area contributed by atoms with Gasteiger partial charge in [0, 0.05) is 11.6 Å². The summed E-state index contributed by atoms with van der Waals surface area (Å²) in [7, 11) is 2.80. The van der Waals surface area contributed by atoms with Crippen LogP contribution in [0, 0.1) is 0 Å². The van der Waals surface area contributed by atoms with Gasteiger partial charge in [0.25, 0.3) is 0 Å². The first-order chi connectivity index (χ1) is 14.9. The Morgan fingerprint density at radius 1 is 1.10 bits per heavy atom. The van der Waals surface area contributed by atoms with Crippen molar-refractivity contribution in [2.75, 3.05) is 27.6 Å². The zero-order valence-electron chi connectivity index (χ0n) is 17.6. The van der Waals surface area contributed by atoms with Crippen molar-refractivity contribution < 1.29 is 33.2 Å². The molecule has 0 fully saturated rings. The average molecular weight is 426 g/mol. The van der Waals surface area contributed by atoms with E-state index in [2.05, 4.69) is 0 Å². The maximum atomic E-state index is 13.2. The summed E-state index contributed by atoms with van der Waals surface area (Å²) in [4.78, 5) is 13.2. The summed E-state index contributed by atoms with van der Waals surface area (Å²) in [5.74, 6) is 1.37. The highest BCUT2D eigenvalue weighted by Gasteiger charge is 2.26. The van der Waals surface area contributed by atoms with Gasteiger partial charge in [-0.25, -0.2) is 0 Å². The lowest BCUT2D eigenvalue weighted by molar-refractivity contribution is 0.174. The van der Waals surface area contributed by atoms with E-state index in [9.17, 15) is 9.90 Å². The van der Waals surface area contributed by atoms with Crippen LogP contribution in [0.3, 0.4) is 0 Å². The summed E-state index contributed by atoms with van der Waals surface area (Å²) in [6, 6.07) is 6.46. The maximum Gasteiger partial charge on any atom is 0.239 e. The Morgan fingerprint density at radius 3 is 2.55 bits per heavy atom. The van der Waals surface area contributed by atoms with Crippen molar-refractivity contribution in [2.45, 2.75) is 13.8 Å². The molecular weight excluding hydrogens is 404 g/mol. The topological polar surface area (TPSA) is 96.6 Å². The molecule has 1 aliphatic heterocycles. The molecule has 2 heterocycles. The van der Waals surface area contributed by atoms with Crippen molar-refractivity contribution in [1.29, 1.82) is 0 Å². The molecule has 8 heteroatoms. The first kappa shape index (κ1) is 20.5. The monoisotopic (exact) mass is 426 g/mol. The normalized spacial score (nSPS) is 12.0. The number of allylic oxidation sites excluding steroid dienone is 1. The highest BCUT2D eigenvalue weighted by atomic mass is 16.7. The lowest BCUT2D eigenvalue weighted by Crippen LogP contribution is -2.09.